The summed E-state index contributed by atoms with van der Waals surface area (Å²) < 4.78 is 4.68. The highest BCUT2D eigenvalue weighted by molar-refractivity contribution is 5.81. The molecule has 150 valence electrons. The second-order valence-corrected chi connectivity index (χ2v) is 7.99. The Hall–Kier alpha value is -3.53. The zero-order valence-corrected chi connectivity index (χ0v) is 17.9. The zero-order chi connectivity index (χ0) is 20.8. The maximum atomic E-state index is 2.37. The average molecular weight is 396 g/mol. The quantitative estimate of drug-likeness (QED) is 0.454. The molecule has 1 aliphatic rings. The van der Waals surface area contributed by atoms with E-state index < -0.39 is 0 Å². The van der Waals surface area contributed by atoms with Crippen LogP contribution >= 0.6 is 0 Å². The smallest absolute Gasteiger partial charge is 0.295 e. The summed E-state index contributed by atoms with van der Waals surface area (Å²) in [5.74, 6) is 1.19. The summed E-state index contributed by atoms with van der Waals surface area (Å²) in [5.41, 5.74) is 7.36. The molecule has 5 rings (SSSR count). The molecule has 4 heteroatoms. The largest absolute Gasteiger partial charge is 0.359 e. The van der Waals surface area contributed by atoms with Crippen LogP contribution < -0.4 is 9.47 Å². The second kappa shape index (κ2) is 7.06. The first-order valence-electron chi connectivity index (χ1n) is 10.4. The van der Waals surface area contributed by atoms with Crippen molar-refractivity contribution in [2.45, 2.75) is 20.0 Å². The molecule has 0 radical (unpaired) electrons. The molecule has 1 atom stereocenters. The molecule has 4 aromatic rings. The molecular weight excluding hydrogens is 368 g/mol. The summed E-state index contributed by atoms with van der Waals surface area (Å²) in [7, 11) is 4.28. The highest BCUT2D eigenvalue weighted by atomic mass is 15.4. The van der Waals surface area contributed by atoms with Gasteiger partial charge in [-0.25, -0.2) is 4.57 Å². The summed E-state index contributed by atoms with van der Waals surface area (Å²) in [4.78, 5) is 4.57. The summed E-state index contributed by atoms with van der Waals surface area (Å²) in [6.45, 7) is 4.46. The van der Waals surface area contributed by atoms with Crippen LogP contribution in [0, 0.1) is 6.92 Å². The maximum Gasteiger partial charge on any atom is 0.295 e. The van der Waals surface area contributed by atoms with E-state index in [4.69, 9.17) is 0 Å². The van der Waals surface area contributed by atoms with Gasteiger partial charge in [0.1, 0.15) is 11.9 Å². The molecule has 0 spiro atoms. The Morgan fingerprint density at radius 3 is 2.30 bits per heavy atom. The summed E-state index contributed by atoms with van der Waals surface area (Å²) >= 11 is 0. The lowest BCUT2D eigenvalue weighted by atomic mass is 10.0. The third-order valence-electron chi connectivity index (χ3n) is 6.31. The molecule has 0 fully saturated rings. The van der Waals surface area contributed by atoms with E-state index in [0.29, 0.717) is 6.17 Å². The fourth-order valence-electron chi connectivity index (χ4n) is 4.50. The van der Waals surface area contributed by atoms with Crippen molar-refractivity contribution in [1.82, 2.24) is 9.47 Å². The Labute approximate surface area is 177 Å². The Morgan fingerprint density at radius 2 is 1.57 bits per heavy atom. The Morgan fingerprint density at radius 1 is 0.833 bits per heavy atom. The molecule has 1 aliphatic heterocycles. The van der Waals surface area contributed by atoms with Crippen molar-refractivity contribution in [3.05, 3.63) is 90.8 Å². The summed E-state index contributed by atoms with van der Waals surface area (Å²) in [6.07, 6.45) is 4.61. The third-order valence-corrected chi connectivity index (χ3v) is 6.31. The van der Waals surface area contributed by atoms with E-state index in [1.165, 1.54) is 39.4 Å². The monoisotopic (exact) mass is 395 g/mol. The molecule has 0 saturated heterocycles. The van der Waals surface area contributed by atoms with Crippen LogP contribution in [0.1, 0.15) is 12.5 Å². The fraction of sp³-hybridized carbons (Fsp3) is 0.192. The molecule has 0 saturated carbocycles. The molecule has 0 amide bonds. The van der Waals surface area contributed by atoms with Gasteiger partial charge < -0.3 is 9.80 Å². The first-order chi connectivity index (χ1) is 14.6. The van der Waals surface area contributed by atoms with Gasteiger partial charge in [0, 0.05) is 25.1 Å². The lowest BCUT2D eigenvalue weighted by molar-refractivity contribution is -0.633. The highest BCUT2D eigenvalue weighted by Gasteiger charge is 2.29. The van der Waals surface area contributed by atoms with Crippen molar-refractivity contribution in [2.75, 3.05) is 11.9 Å². The van der Waals surface area contributed by atoms with Crippen molar-refractivity contribution < 1.29 is 4.57 Å². The SMILES string of the molecule is Cc1c(-c2n(-c3ccccc3)c3ccccc3[n+]2C)cccc1N1C=CN(C)[C@@H]1C. The van der Waals surface area contributed by atoms with Crippen LogP contribution in [0.3, 0.4) is 0 Å². The number of nitrogens with zero attached hydrogens (tertiary/aromatic N) is 4. The van der Waals surface area contributed by atoms with Gasteiger partial charge in [-0.15, -0.1) is 0 Å². The zero-order valence-electron chi connectivity index (χ0n) is 17.9. The van der Waals surface area contributed by atoms with Gasteiger partial charge in [-0.2, -0.15) is 4.57 Å². The van der Waals surface area contributed by atoms with Gasteiger partial charge in [0.15, 0.2) is 11.0 Å². The number of benzene rings is 3. The molecule has 30 heavy (non-hydrogen) atoms. The molecule has 0 bridgehead atoms. The lowest BCUT2D eigenvalue weighted by Gasteiger charge is -2.28. The summed E-state index contributed by atoms with van der Waals surface area (Å²) in [5, 5.41) is 0. The number of fused-ring (bicyclic) bond motifs is 1. The Kier molecular flexibility index (Phi) is 4.35. The number of para-hydroxylation sites is 3. The van der Waals surface area contributed by atoms with Crippen LogP contribution in [0.15, 0.2) is 85.2 Å². The number of hydrogen-bond donors (Lipinski definition) is 0. The van der Waals surface area contributed by atoms with Gasteiger partial charge >= 0.3 is 0 Å². The molecule has 3 aromatic carbocycles. The molecule has 4 nitrogen and oxygen atoms in total. The van der Waals surface area contributed by atoms with Gasteiger partial charge in [-0.1, -0.05) is 36.4 Å². The van der Waals surface area contributed by atoms with Crippen molar-refractivity contribution in [2.24, 2.45) is 7.05 Å². The lowest BCUT2D eigenvalue weighted by Crippen LogP contribution is -2.34. The topological polar surface area (TPSA) is 15.3 Å². The summed E-state index contributed by atoms with van der Waals surface area (Å²) in [6, 6.07) is 25.9. The predicted molar refractivity (Wildman–Crippen MR) is 123 cm³/mol. The van der Waals surface area contributed by atoms with Crippen molar-refractivity contribution in [3.63, 3.8) is 0 Å². The van der Waals surface area contributed by atoms with E-state index >= 15 is 0 Å². The van der Waals surface area contributed by atoms with Gasteiger partial charge in [-0.3, -0.25) is 0 Å². The molecule has 0 aliphatic carbocycles. The normalized spacial score (nSPS) is 16.1. The van der Waals surface area contributed by atoms with Crippen LogP contribution in [0.5, 0.6) is 0 Å². The number of aromatic nitrogens is 2. The molecule has 0 unspecified atom stereocenters. The average Bonchev–Trinajstić information content (AvgIpc) is 3.26. The van der Waals surface area contributed by atoms with E-state index in [1.807, 2.05) is 0 Å². The van der Waals surface area contributed by atoms with Crippen LogP contribution in [-0.2, 0) is 7.05 Å². The number of hydrogen-bond acceptors (Lipinski definition) is 2. The van der Waals surface area contributed by atoms with Crippen LogP contribution in [0.4, 0.5) is 5.69 Å². The maximum absolute atomic E-state index is 2.37. The van der Waals surface area contributed by atoms with E-state index in [1.54, 1.807) is 0 Å². The van der Waals surface area contributed by atoms with E-state index in [2.05, 4.69) is 132 Å². The van der Waals surface area contributed by atoms with Gasteiger partial charge in [-0.05, 0) is 55.8 Å². The highest BCUT2D eigenvalue weighted by Crippen LogP contribution is 2.35. The second-order valence-electron chi connectivity index (χ2n) is 7.99. The number of imidazole rings is 1. The minimum Gasteiger partial charge on any atom is -0.359 e. The fourth-order valence-corrected chi connectivity index (χ4v) is 4.50. The predicted octanol–water partition coefficient (Wildman–Crippen LogP) is 5.00. The Bertz CT molecular complexity index is 1250. The van der Waals surface area contributed by atoms with E-state index in [9.17, 15) is 0 Å². The van der Waals surface area contributed by atoms with Gasteiger partial charge in [0.2, 0.25) is 0 Å². The van der Waals surface area contributed by atoms with Crippen LogP contribution in [0.25, 0.3) is 28.1 Å². The number of aryl methyl sites for hydroxylation is 1. The van der Waals surface area contributed by atoms with E-state index in [0.717, 1.165) is 0 Å². The minimum absolute atomic E-state index is 0.299. The third kappa shape index (κ3) is 2.71. The van der Waals surface area contributed by atoms with Gasteiger partial charge in [0.05, 0.1) is 12.6 Å². The standard InChI is InChI=1S/C26H27N4/c1-19-22(13-10-16-23(19)29-18-17-27(3)20(29)2)26-28(4)24-14-8-9-15-25(24)30(26)21-11-6-5-7-12-21/h5-18,20H,1-4H3/q+1/t20-/m0/s1. The molecule has 2 heterocycles. The van der Waals surface area contributed by atoms with Crippen molar-refractivity contribution in [3.8, 4) is 17.1 Å². The molecular formula is C26H27N4+. The van der Waals surface area contributed by atoms with Gasteiger partial charge in [0.25, 0.3) is 5.82 Å². The minimum atomic E-state index is 0.299. The molecule has 0 N–H and O–H groups in total. The van der Waals surface area contributed by atoms with Crippen molar-refractivity contribution >= 4 is 16.7 Å². The number of rotatable bonds is 3. The van der Waals surface area contributed by atoms with Crippen LogP contribution in [-0.4, -0.2) is 22.7 Å². The number of anilines is 1. The van der Waals surface area contributed by atoms with Crippen LogP contribution in [0.2, 0.25) is 0 Å². The van der Waals surface area contributed by atoms with Crippen molar-refractivity contribution in [1.29, 1.82) is 0 Å². The van der Waals surface area contributed by atoms with E-state index in [-0.39, 0.29) is 0 Å². The Balaban J connectivity index is 1.78. The molecule has 1 aromatic heterocycles. The first-order valence-corrected chi connectivity index (χ1v) is 10.4. The first kappa shape index (κ1) is 18.5.